The number of thiazole rings is 1. The molecule has 1 heterocycles. The normalized spacial score (nSPS) is 12.1. The molecule has 0 radical (unpaired) electrons. The fourth-order valence-electron chi connectivity index (χ4n) is 2.06. The number of aliphatic hydroxyl groups is 1. The molecule has 0 aliphatic rings. The Bertz CT molecular complexity index is 610. The first kappa shape index (κ1) is 15.7. The number of carbonyl (C=O) groups is 1. The second kappa shape index (κ2) is 7.33. The first-order valence-electron chi connectivity index (χ1n) is 7.04. The summed E-state index contributed by atoms with van der Waals surface area (Å²) in [5.74, 6) is -0.0874. The van der Waals surface area contributed by atoms with E-state index in [1.807, 2.05) is 37.4 Å². The molecular weight excluding hydrogens is 284 g/mol. The smallest absolute Gasteiger partial charge is 0.251 e. The van der Waals surface area contributed by atoms with Gasteiger partial charge in [0.25, 0.3) is 5.91 Å². The Balaban J connectivity index is 2.08. The lowest BCUT2D eigenvalue weighted by atomic mass is 10.1. The largest absolute Gasteiger partial charge is 0.396 e. The number of nitrogens with zero attached hydrogens (tertiary/aromatic N) is 1. The van der Waals surface area contributed by atoms with E-state index in [9.17, 15) is 4.79 Å². The summed E-state index contributed by atoms with van der Waals surface area (Å²) in [5, 5.41) is 14.7. The van der Waals surface area contributed by atoms with E-state index < -0.39 is 0 Å². The summed E-state index contributed by atoms with van der Waals surface area (Å²) in [6, 6.07) is 7.56. The minimum atomic E-state index is -0.0874. The maximum atomic E-state index is 12.2. The maximum absolute atomic E-state index is 12.2. The maximum Gasteiger partial charge on any atom is 0.251 e. The molecule has 0 spiro atoms. The van der Waals surface area contributed by atoms with Gasteiger partial charge in [0.2, 0.25) is 0 Å². The Morgan fingerprint density at radius 2 is 2.29 bits per heavy atom. The number of benzene rings is 1. The minimum absolute atomic E-state index is 0.0513. The highest BCUT2D eigenvalue weighted by molar-refractivity contribution is 7.13. The van der Waals surface area contributed by atoms with Gasteiger partial charge in [-0.1, -0.05) is 12.1 Å². The first-order chi connectivity index (χ1) is 10.1. The predicted molar refractivity (Wildman–Crippen MR) is 85.5 cm³/mol. The topological polar surface area (TPSA) is 62.2 Å². The summed E-state index contributed by atoms with van der Waals surface area (Å²) in [6.45, 7) is 4.06. The summed E-state index contributed by atoms with van der Waals surface area (Å²) in [6.07, 6.45) is 1.47. The van der Waals surface area contributed by atoms with Gasteiger partial charge in [0.1, 0.15) is 5.01 Å². The van der Waals surface area contributed by atoms with E-state index in [2.05, 4.69) is 10.3 Å². The number of nitrogens with one attached hydrogen (secondary N) is 1. The Labute approximate surface area is 128 Å². The van der Waals surface area contributed by atoms with Crippen LogP contribution in [0.4, 0.5) is 0 Å². The van der Waals surface area contributed by atoms with E-state index in [-0.39, 0.29) is 18.6 Å². The Morgan fingerprint density at radius 1 is 1.48 bits per heavy atom. The standard InChI is InChI=1S/C16H20N2O2S/c1-11(5-4-8-19)17-15(20)13-6-3-7-14(9-13)16-18-12(2)10-21-16/h3,6-7,9-11,19H,4-5,8H2,1-2H3,(H,17,20). The van der Waals surface area contributed by atoms with E-state index in [4.69, 9.17) is 5.11 Å². The van der Waals surface area contributed by atoms with Crippen molar-refractivity contribution in [2.45, 2.75) is 32.7 Å². The highest BCUT2D eigenvalue weighted by atomic mass is 32.1. The van der Waals surface area contributed by atoms with Crippen LogP contribution in [-0.2, 0) is 0 Å². The van der Waals surface area contributed by atoms with Crippen LogP contribution in [0.3, 0.4) is 0 Å². The van der Waals surface area contributed by atoms with E-state index in [0.29, 0.717) is 12.0 Å². The van der Waals surface area contributed by atoms with Gasteiger partial charge in [-0.15, -0.1) is 11.3 Å². The Morgan fingerprint density at radius 3 is 2.95 bits per heavy atom. The molecule has 1 unspecified atom stereocenters. The number of aryl methyl sites for hydroxylation is 1. The monoisotopic (exact) mass is 304 g/mol. The molecule has 0 saturated heterocycles. The van der Waals surface area contributed by atoms with Crippen LogP contribution in [0.5, 0.6) is 0 Å². The molecule has 4 nitrogen and oxygen atoms in total. The van der Waals surface area contributed by atoms with Gasteiger partial charge >= 0.3 is 0 Å². The third-order valence-electron chi connectivity index (χ3n) is 3.16. The van der Waals surface area contributed by atoms with E-state index in [0.717, 1.165) is 22.7 Å². The summed E-state index contributed by atoms with van der Waals surface area (Å²) in [5.41, 5.74) is 2.59. The molecule has 21 heavy (non-hydrogen) atoms. The van der Waals surface area contributed by atoms with Gasteiger partial charge < -0.3 is 10.4 Å². The van der Waals surface area contributed by atoms with E-state index >= 15 is 0 Å². The van der Waals surface area contributed by atoms with Crippen molar-refractivity contribution in [3.63, 3.8) is 0 Å². The number of hydrogen-bond donors (Lipinski definition) is 2. The lowest BCUT2D eigenvalue weighted by Gasteiger charge is -2.13. The number of amides is 1. The molecule has 1 aromatic heterocycles. The lowest BCUT2D eigenvalue weighted by molar-refractivity contribution is 0.0936. The van der Waals surface area contributed by atoms with Gasteiger partial charge in [-0.25, -0.2) is 4.98 Å². The van der Waals surface area contributed by atoms with Gasteiger partial charge in [0.05, 0.1) is 0 Å². The van der Waals surface area contributed by atoms with E-state index in [1.165, 1.54) is 0 Å². The molecule has 0 aliphatic carbocycles. The number of carbonyl (C=O) groups excluding carboxylic acids is 1. The molecule has 0 bridgehead atoms. The fraction of sp³-hybridized carbons (Fsp3) is 0.375. The molecule has 2 rings (SSSR count). The van der Waals surface area contributed by atoms with Crippen molar-refractivity contribution in [2.24, 2.45) is 0 Å². The molecule has 0 fully saturated rings. The van der Waals surface area contributed by atoms with Crippen LogP contribution >= 0.6 is 11.3 Å². The van der Waals surface area contributed by atoms with Gasteiger partial charge in [0, 0.05) is 34.8 Å². The van der Waals surface area contributed by atoms with Crippen LogP contribution in [0, 0.1) is 6.92 Å². The summed E-state index contributed by atoms with van der Waals surface area (Å²) in [4.78, 5) is 16.7. The molecule has 112 valence electrons. The predicted octanol–water partition coefficient (Wildman–Crippen LogP) is 3.01. The highest BCUT2D eigenvalue weighted by Crippen LogP contribution is 2.24. The SMILES string of the molecule is Cc1csc(-c2cccc(C(=O)NC(C)CCCO)c2)n1. The van der Waals surface area contributed by atoms with Crippen LogP contribution in [0.2, 0.25) is 0 Å². The number of rotatable bonds is 6. The first-order valence-corrected chi connectivity index (χ1v) is 7.92. The molecular formula is C16H20N2O2S. The van der Waals surface area contributed by atoms with Crippen LogP contribution < -0.4 is 5.32 Å². The van der Waals surface area contributed by atoms with Gasteiger partial charge in [0.15, 0.2) is 0 Å². The highest BCUT2D eigenvalue weighted by Gasteiger charge is 2.11. The molecule has 1 aromatic carbocycles. The molecule has 0 aliphatic heterocycles. The second-order valence-corrected chi connectivity index (χ2v) is 5.97. The number of hydrogen-bond acceptors (Lipinski definition) is 4. The van der Waals surface area contributed by atoms with Crippen LogP contribution in [0.25, 0.3) is 10.6 Å². The van der Waals surface area contributed by atoms with Gasteiger partial charge in [-0.05, 0) is 38.8 Å². The number of aliphatic hydroxyl groups excluding tert-OH is 1. The van der Waals surface area contributed by atoms with Crippen molar-refractivity contribution in [1.82, 2.24) is 10.3 Å². The van der Waals surface area contributed by atoms with E-state index in [1.54, 1.807) is 17.4 Å². The average molecular weight is 304 g/mol. The quantitative estimate of drug-likeness (QED) is 0.862. The zero-order valence-electron chi connectivity index (χ0n) is 12.3. The van der Waals surface area contributed by atoms with Gasteiger partial charge in [-0.2, -0.15) is 0 Å². The fourth-order valence-corrected chi connectivity index (χ4v) is 2.85. The molecule has 2 N–H and O–H groups in total. The van der Waals surface area contributed by atoms with Crippen molar-refractivity contribution in [2.75, 3.05) is 6.61 Å². The second-order valence-electron chi connectivity index (χ2n) is 5.12. The van der Waals surface area contributed by atoms with Crippen LogP contribution in [0.15, 0.2) is 29.6 Å². The Hall–Kier alpha value is -1.72. The molecule has 2 aromatic rings. The van der Waals surface area contributed by atoms with Crippen LogP contribution in [-0.4, -0.2) is 28.6 Å². The summed E-state index contributed by atoms with van der Waals surface area (Å²) in [7, 11) is 0. The molecule has 1 amide bonds. The van der Waals surface area contributed by atoms with Crippen molar-refractivity contribution in [3.8, 4) is 10.6 Å². The molecule has 1 atom stereocenters. The van der Waals surface area contributed by atoms with Crippen molar-refractivity contribution in [1.29, 1.82) is 0 Å². The third-order valence-corrected chi connectivity index (χ3v) is 4.17. The average Bonchev–Trinajstić information content (AvgIpc) is 2.92. The molecule has 0 saturated carbocycles. The zero-order chi connectivity index (χ0) is 15.2. The third kappa shape index (κ3) is 4.37. The Kier molecular flexibility index (Phi) is 5.47. The van der Waals surface area contributed by atoms with Crippen LogP contribution in [0.1, 0.15) is 35.8 Å². The van der Waals surface area contributed by atoms with Gasteiger partial charge in [-0.3, -0.25) is 4.79 Å². The molecule has 5 heteroatoms. The van der Waals surface area contributed by atoms with Crippen molar-refractivity contribution >= 4 is 17.2 Å². The minimum Gasteiger partial charge on any atom is -0.396 e. The van der Waals surface area contributed by atoms with Crippen molar-refractivity contribution < 1.29 is 9.90 Å². The zero-order valence-corrected chi connectivity index (χ0v) is 13.1. The number of aromatic nitrogens is 1. The summed E-state index contributed by atoms with van der Waals surface area (Å²) >= 11 is 1.58. The van der Waals surface area contributed by atoms with Crippen molar-refractivity contribution in [3.05, 3.63) is 40.9 Å². The lowest BCUT2D eigenvalue weighted by Crippen LogP contribution is -2.32. The summed E-state index contributed by atoms with van der Waals surface area (Å²) < 4.78 is 0.